The maximum atomic E-state index is 11.8. The second-order valence-electron chi connectivity index (χ2n) is 5.02. The van der Waals surface area contributed by atoms with Gasteiger partial charge < -0.3 is 10.2 Å². The van der Waals surface area contributed by atoms with E-state index in [1.807, 2.05) is 20.2 Å². The van der Waals surface area contributed by atoms with Crippen LogP contribution in [-0.4, -0.2) is 40.9 Å². The molecule has 0 unspecified atom stereocenters. The van der Waals surface area contributed by atoms with Crippen LogP contribution in [0.15, 0.2) is 18.6 Å². The second kappa shape index (κ2) is 5.80. The van der Waals surface area contributed by atoms with Gasteiger partial charge in [0.1, 0.15) is 12.1 Å². The van der Waals surface area contributed by atoms with E-state index in [2.05, 4.69) is 15.3 Å². The number of aromatic nitrogens is 2. The number of carbonyl (C=O) groups excluding carboxylic acids is 1. The quantitative estimate of drug-likeness (QED) is 0.881. The summed E-state index contributed by atoms with van der Waals surface area (Å²) in [6.45, 7) is 0. The van der Waals surface area contributed by atoms with E-state index in [0.29, 0.717) is 6.04 Å². The van der Waals surface area contributed by atoms with Crippen LogP contribution in [0.4, 0.5) is 5.82 Å². The van der Waals surface area contributed by atoms with E-state index in [0.717, 1.165) is 31.5 Å². The van der Waals surface area contributed by atoms with Crippen LogP contribution in [0, 0.1) is 5.92 Å². The molecule has 1 aromatic rings. The Morgan fingerprint density at radius 3 is 2.61 bits per heavy atom. The summed E-state index contributed by atoms with van der Waals surface area (Å²) in [5, 5.41) is 3.39. The van der Waals surface area contributed by atoms with Crippen LogP contribution in [0.5, 0.6) is 0 Å². The highest BCUT2D eigenvalue weighted by Gasteiger charge is 2.27. The molecular formula is C13H20N4O. The SMILES string of the molecule is CN(C)C(=O)C1CCC(Nc2ccncn2)CC1. The van der Waals surface area contributed by atoms with E-state index >= 15 is 0 Å². The second-order valence-corrected chi connectivity index (χ2v) is 5.02. The maximum absolute atomic E-state index is 11.8. The molecule has 1 aromatic heterocycles. The van der Waals surface area contributed by atoms with E-state index in [9.17, 15) is 4.79 Å². The fraction of sp³-hybridized carbons (Fsp3) is 0.615. The third-order valence-corrected chi connectivity index (χ3v) is 3.45. The van der Waals surface area contributed by atoms with Gasteiger partial charge in [0.05, 0.1) is 0 Å². The molecule has 0 radical (unpaired) electrons. The number of nitrogens with one attached hydrogen (secondary N) is 1. The minimum absolute atomic E-state index is 0.198. The summed E-state index contributed by atoms with van der Waals surface area (Å²) in [5.74, 6) is 1.33. The van der Waals surface area contributed by atoms with Crippen molar-refractivity contribution in [1.82, 2.24) is 14.9 Å². The summed E-state index contributed by atoms with van der Waals surface area (Å²) in [6, 6.07) is 2.29. The van der Waals surface area contributed by atoms with Crippen LogP contribution in [0.1, 0.15) is 25.7 Å². The van der Waals surface area contributed by atoms with Gasteiger partial charge in [-0.2, -0.15) is 0 Å². The summed E-state index contributed by atoms with van der Waals surface area (Å²) in [5.41, 5.74) is 0. The molecule has 5 heteroatoms. The van der Waals surface area contributed by atoms with Crippen LogP contribution >= 0.6 is 0 Å². The zero-order chi connectivity index (χ0) is 13.0. The summed E-state index contributed by atoms with van der Waals surface area (Å²) < 4.78 is 0. The Balaban J connectivity index is 1.82. The summed E-state index contributed by atoms with van der Waals surface area (Å²) in [7, 11) is 3.65. The molecule has 1 aliphatic rings. The number of hydrogen-bond donors (Lipinski definition) is 1. The Kier molecular flexibility index (Phi) is 4.12. The number of hydrogen-bond acceptors (Lipinski definition) is 4. The van der Waals surface area contributed by atoms with Crippen molar-refractivity contribution in [3.63, 3.8) is 0 Å². The minimum Gasteiger partial charge on any atom is -0.367 e. The molecule has 0 aromatic carbocycles. The highest BCUT2D eigenvalue weighted by molar-refractivity contribution is 5.78. The van der Waals surface area contributed by atoms with Gasteiger partial charge in [-0.15, -0.1) is 0 Å². The Morgan fingerprint density at radius 2 is 2.06 bits per heavy atom. The fourth-order valence-corrected chi connectivity index (χ4v) is 2.44. The predicted molar refractivity (Wildman–Crippen MR) is 70.1 cm³/mol. The lowest BCUT2D eigenvalue weighted by atomic mass is 9.85. The van der Waals surface area contributed by atoms with Crippen molar-refractivity contribution in [1.29, 1.82) is 0 Å². The maximum Gasteiger partial charge on any atom is 0.225 e. The molecule has 0 aliphatic heterocycles. The van der Waals surface area contributed by atoms with Gasteiger partial charge in [0.15, 0.2) is 0 Å². The van der Waals surface area contributed by atoms with E-state index < -0.39 is 0 Å². The van der Waals surface area contributed by atoms with Gasteiger partial charge in [0.2, 0.25) is 5.91 Å². The van der Waals surface area contributed by atoms with Gasteiger partial charge >= 0.3 is 0 Å². The summed E-state index contributed by atoms with van der Waals surface area (Å²) in [4.78, 5) is 21.6. The number of nitrogens with zero attached hydrogens (tertiary/aromatic N) is 3. The summed E-state index contributed by atoms with van der Waals surface area (Å²) in [6.07, 6.45) is 7.24. The molecule has 5 nitrogen and oxygen atoms in total. The number of anilines is 1. The largest absolute Gasteiger partial charge is 0.367 e. The number of amides is 1. The fourth-order valence-electron chi connectivity index (χ4n) is 2.44. The summed E-state index contributed by atoms with van der Waals surface area (Å²) >= 11 is 0. The molecule has 2 rings (SSSR count). The highest BCUT2D eigenvalue weighted by atomic mass is 16.2. The van der Waals surface area contributed by atoms with E-state index in [1.165, 1.54) is 0 Å². The van der Waals surface area contributed by atoms with Crippen LogP contribution in [-0.2, 0) is 4.79 Å². The van der Waals surface area contributed by atoms with Crippen molar-refractivity contribution in [2.24, 2.45) is 5.92 Å². The van der Waals surface area contributed by atoms with Gasteiger partial charge in [-0.1, -0.05) is 0 Å². The van der Waals surface area contributed by atoms with Gasteiger partial charge in [0.25, 0.3) is 0 Å². The molecule has 98 valence electrons. The average molecular weight is 248 g/mol. The monoisotopic (exact) mass is 248 g/mol. The molecule has 0 spiro atoms. The first kappa shape index (κ1) is 12.8. The molecule has 18 heavy (non-hydrogen) atoms. The average Bonchev–Trinajstić information content (AvgIpc) is 2.40. The number of rotatable bonds is 3. The minimum atomic E-state index is 0.198. The van der Waals surface area contributed by atoms with Gasteiger partial charge in [-0.3, -0.25) is 4.79 Å². The molecule has 0 atom stereocenters. The Bertz CT molecular complexity index is 385. The lowest BCUT2D eigenvalue weighted by molar-refractivity contribution is -0.133. The standard InChI is InChI=1S/C13H20N4O/c1-17(2)13(18)10-3-5-11(6-4-10)16-12-7-8-14-9-15-12/h7-11H,3-6H2,1-2H3,(H,14,15,16). The third kappa shape index (κ3) is 3.18. The molecule has 0 bridgehead atoms. The van der Waals surface area contributed by atoms with Crippen molar-refractivity contribution < 1.29 is 4.79 Å². The normalized spacial score (nSPS) is 23.4. The molecule has 1 amide bonds. The first-order chi connectivity index (χ1) is 8.66. The molecule has 0 saturated heterocycles. The first-order valence-electron chi connectivity index (χ1n) is 6.40. The van der Waals surface area contributed by atoms with Crippen LogP contribution in [0.3, 0.4) is 0 Å². The molecular weight excluding hydrogens is 228 g/mol. The molecule has 1 heterocycles. The van der Waals surface area contributed by atoms with Crippen molar-refractivity contribution >= 4 is 11.7 Å². The van der Waals surface area contributed by atoms with Crippen LogP contribution in [0.25, 0.3) is 0 Å². The van der Waals surface area contributed by atoms with Crippen LogP contribution < -0.4 is 5.32 Å². The van der Waals surface area contributed by atoms with E-state index in [1.54, 1.807) is 17.4 Å². The lowest BCUT2D eigenvalue weighted by Gasteiger charge is -2.30. The van der Waals surface area contributed by atoms with Crippen molar-refractivity contribution in [3.05, 3.63) is 18.6 Å². The third-order valence-electron chi connectivity index (χ3n) is 3.45. The van der Waals surface area contributed by atoms with Crippen molar-refractivity contribution in [3.8, 4) is 0 Å². The Hall–Kier alpha value is -1.65. The van der Waals surface area contributed by atoms with Gasteiger partial charge in [0, 0.05) is 32.3 Å². The topological polar surface area (TPSA) is 58.1 Å². The first-order valence-corrected chi connectivity index (χ1v) is 6.40. The zero-order valence-electron chi connectivity index (χ0n) is 11.0. The molecule has 1 fully saturated rings. The van der Waals surface area contributed by atoms with E-state index in [-0.39, 0.29) is 11.8 Å². The highest BCUT2D eigenvalue weighted by Crippen LogP contribution is 2.27. The van der Waals surface area contributed by atoms with E-state index in [4.69, 9.17) is 0 Å². The molecule has 1 N–H and O–H groups in total. The molecule has 1 aliphatic carbocycles. The van der Waals surface area contributed by atoms with Gasteiger partial charge in [-0.05, 0) is 31.7 Å². The number of carbonyl (C=O) groups is 1. The zero-order valence-corrected chi connectivity index (χ0v) is 11.0. The smallest absolute Gasteiger partial charge is 0.225 e. The Morgan fingerprint density at radius 1 is 1.33 bits per heavy atom. The Labute approximate surface area is 108 Å². The van der Waals surface area contributed by atoms with Crippen LogP contribution in [0.2, 0.25) is 0 Å². The van der Waals surface area contributed by atoms with Gasteiger partial charge in [-0.25, -0.2) is 9.97 Å². The predicted octanol–water partition coefficient (Wildman–Crippen LogP) is 1.54. The molecule has 1 saturated carbocycles. The van der Waals surface area contributed by atoms with Crippen molar-refractivity contribution in [2.75, 3.05) is 19.4 Å². The van der Waals surface area contributed by atoms with Crippen molar-refractivity contribution in [2.45, 2.75) is 31.7 Å². The lowest BCUT2D eigenvalue weighted by Crippen LogP contribution is -2.35.